The van der Waals surface area contributed by atoms with Gasteiger partial charge in [-0.3, -0.25) is 9.59 Å². The van der Waals surface area contributed by atoms with Crippen LogP contribution in [0.5, 0.6) is 0 Å². The number of carboxylic acids is 1. The number of hydrogen-bond acceptors (Lipinski definition) is 5. The van der Waals surface area contributed by atoms with Crippen molar-refractivity contribution in [2.24, 2.45) is 0 Å². The molecule has 0 atom stereocenters. The van der Waals surface area contributed by atoms with E-state index in [-0.39, 0.29) is 5.82 Å². The average molecular weight is 198 g/mol. The Morgan fingerprint density at radius 2 is 2.14 bits per heavy atom. The number of carbonyl (C=O) groups excluding carboxylic acids is 2. The molecule has 1 aromatic rings. The molecule has 1 rings (SSSR count). The van der Waals surface area contributed by atoms with Crippen LogP contribution in [-0.4, -0.2) is 27.9 Å². The molecule has 0 unspecified atom stereocenters. The maximum absolute atomic E-state index is 10.8. The van der Waals surface area contributed by atoms with Crippen molar-refractivity contribution in [3.05, 3.63) is 11.8 Å². The molecule has 0 radical (unpaired) electrons. The van der Waals surface area contributed by atoms with E-state index in [1.54, 1.807) is 6.92 Å². The number of hydrogen-bond donors (Lipinski definition) is 2. The maximum atomic E-state index is 10.8. The van der Waals surface area contributed by atoms with Gasteiger partial charge >= 0.3 is 17.7 Å². The highest BCUT2D eigenvalue weighted by atomic mass is 16.5. The zero-order chi connectivity index (χ0) is 10.7. The third-order valence-electron chi connectivity index (χ3n) is 1.27. The lowest BCUT2D eigenvalue weighted by atomic mass is 10.3. The molecule has 14 heavy (non-hydrogen) atoms. The smallest absolute Gasteiger partial charge is 0.382 e. The van der Waals surface area contributed by atoms with E-state index in [2.05, 4.69) is 9.68 Å². The van der Waals surface area contributed by atoms with Crippen LogP contribution in [0.15, 0.2) is 10.6 Å². The van der Waals surface area contributed by atoms with Gasteiger partial charge in [-0.25, -0.2) is 4.79 Å². The minimum Gasteiger partial charge on any atom is -0.475 e. The first-order chi connectivity index (χ1) is 6.50. The number of rotatable bonds is 3. The van der Waals surface area contributed by atoms with Crippen LogP contribution in [0.1, 0.15) is 5.76 Å². The maximum Gasteiger partial charge on any atom is 0.382 e. The molecule has 74 valence electrons. The van der Waals surface area contributed by atoms with Gasteiger partial charge in [-0.15, -0.1) is 0 Å². The van der Waals surface area contributed by atoms with Crippen LogP contribution in [0.4, 0.5) is 5.82 Å². The number of nitrogens with one attached hydrogen (secondary N) is 1. The van der Waals surface area contributed by atoms with Crippen LogP contribution in [0.3, 0.4) is 0 Å². The zero-order valence-corrected chi connectivity index (χ0v) is 7.10. The number of carbonyl (C=O) groups is 3. The summed E-state index contributed by atoms with van der Waals surface area (Å²) in [4.78, 5) is 31.5. The standard InChI is InChI=1S/C7H6N2O5/c1-3-2-4(9-14-3)8-6(11)5(10)7(12)13/h2H,1H3,(H,12,13)(H,8,9,11). The molecule has 0 spiro atoms. The van der Waals surface area contributed by atoms with Crippen LogP contribution in [-0.2, 0) is 14.4 Å². The molecule has 1 amide bonds. The molecule has 0 saturated carbocycles. The molecule has 7 heteroatoms. The Kier molecular flexibility index (Phi) is 2.61. The number of amides is 1. The molecule has 0 fully saturated rings. The predicted molar refractivity (Wildman–Crippen MR) is 42.5 cm³/mol. The lowest BCUT2D eigenvalue weighted by molar-refractivity contribution is -0.152. The van der Waals surface area contributed by atoms with Gasteiger partial charge in [-0.2, -0.15) is 0 Å². The summed E-state index contributed by atoms with van der Waals surface area (Å²) in [6, 6.07) is 1.35. The van der Waals surface area contributed by atoms with E-state index < -0.39 is 17.7 Å². The predicted octanol–water partition coefficient (Wildman–Crippen LogP) is -0.425. The summed E-state index contributed by atoms with van der Waals surface area (Å²) in [6.45, 7) is 1.58. The van der Waals surface area contributed by atoms with E-state index in [1.165, 1.54) is 6.07 Å². The summed E-state index contributed by atoms with van der Waals surface area (Å²) >= 11 is 0. The van der Waals surface area contributed by atoms with Crippen molar-refractivity contribution in [1.29, 1.82) is 0 Å². The molecule has 2 N–H and O–H groups in total. The van der Waals surface area contributed by atoms with Crippen molar-refractivity contribution >= 4 is 23.5 Å². The number of Topliss-reactive ketones (excluding diaryl/α,β-unsaturated/α-hetero) is 1. The molecule has 0 aliphatic carbocycles. The van der Waals surface area contributed by atoms with Gasteiger partial charge < -0.3 is 14.9 Å². The summed E-state index contributed by atoms with van der Waals surface area (Å²) in [5, 5.41) is 13.5. The third kappa shape index (κ3) is 2.16. The van der Waals surface area contributed by atoms with E-state index in [0.717, 1.165) is 0 Å². The second-order valence-corrected chi connectivity index (χ2v) is 2.41. The van der Waals surface area contributed by atoms with Crippen molar-refractivity contribution in [1.82, 2.24) is 5.16 Å². The summed E-state index contributed by atoms with van der Waals surface area (Å²) in [6.07, 6.45) is 0. The Hall–Kier alpha value is -2.18. The number of aliphatic carboxylic acids is 1. The fraction of sp³-hybridized carbons (Fsp3) is 0.143. The van der Waals surface area contributed by atoms with E-state index in [9.17, 15) is 14.4 Å². The van der Waals surface area contributed by atoms with Gasteiger partial charge in [0.05, 0.1) is 0 Å². The number of carboxylic acid groups (broad SMARTS) is 1. The first kappa shape index (κ1) is 9.90. The van der Waals surface area contributed by atoms with Crippen molar-refractivity contribution in [3.63, 3.8) is 0 Å². The van der Waals surface area contributed by atoms with E-state index in [0.29, 0.717) is 5.76 Å². The van der Waals surface area contributed by atoms with Crippen molar-refractivity contribution in [2.45, 2.75) is 6.92 Å². The fourth-order valence-corrected chi connectivity index (χ4v) is 0.696. The molecule has 0 aliphatic heterocycles. The summed E-state index contributed by atoms with van der Waals surface area (Å²) in [5.41, 5.74) is 0. The Labute approximate surface area is 77.7 Å². The minimum atomic E-state index is -1.82. The van der Waals surface area contributed by atoms with Crippen molar-refractivity contribution < 1.29 is 24.0 Å². The van der Waals surface area contributed by atoms with Gasteiger partial charge in [0.15, 0.2) is 5.82 Å². The summed E-state index contributed by atoms with van der Waals surface area (Å²) in [5.74, 6) is -4.19. The second-order valence-electron chi connectivity index (χ2n) is 2.41. The van der Waals surface area contributed by atoms with Gasteiger partial charge in [-0.05, 0) is 6.92 Å². The van der Waals surface area contributed by atoms with E-state index in [1.807, 2.05) is 5.32 Å². The minimum absolute atomic E-state index is 0.00194. The number of anilines is 1. The lowest BCUT2D eigenvalue weighted by Gasteiger charge is -1.94. The second kappa shape index (κ2) is 3.69. The van der Waals surface area contributed by atoms with Crippen molar-refractivity contribution in [3.8, 4) is 0 Å². The molecule has 0 aromatic carbocycles. The Balaban J connectivity index is 2.66. The Morgan fingerprint density at radius 3 is 2.57 bits per heavy atom. The summed E-state index contributed by atoms with van der Waals surface area (Å²) < 4.78 is 4.58. The zero-order valence-electron chi connectivity index (χ0n) is 7.10. The molecular formula is C7H6N2O5. The topological polar surface area (TPSA) is 110 Å². The molecule has 0 saturated heterocycles. The van der Waals surface area contributed by atoms with Gasteiger partial charge in [0.25, 0.3) is 0 Å². The molecule has 0 aliphatic rings. The largest absolute Gasteiger partial charge is 0.475 e. The number of aromatic nitrogens is 1. The van der Waals surface area contributed by atoms with Crippen LogP contribution in [0, 0.1) is 6.92 Å². The Bertz CT molecular complexity index is 395. The number of ketones is 1. The number of nitrogens with zero attached hydrogens (tertiary/aromatic N) is 1. The normalized spacial score (nSPS) is 9.50. The average Bonchev–Trinajstić information content (AvgIpc) is 2.49. The monoisotopic (exact) mass is 198 g/mol. The Morgan fingerprint density at radius 1 is 1.50 bits per heavy atom. The molecule has 0 bridgehead atoms. The molecule has 1 heterocycles. The highest BCUT2D eigenvalue weighted by Gasteiger charge is 2.22. The van der Waals surface area contributed by atoms with Crippen LogP contribution >= 0.6 is 0 Å². The quantitative estimate of drug-likeness (QED) is 0.504. The molecule has 7 nitrogen and oxygen atoms in total. The van der Waals surface area contributed by atoms with Gasteiger partial charge in [0.1, 0.15) is 5.76 Å². The third-order valence-corrected chi connectivity index (χ3v) is 1.27. The molecule has 1 aromatic heterocycles. The fourth-order valence-electron chi connectivity index (χ4n) is 0.696. The highest BCUT2D eigenvalue weighted by Crippen LogP contribution is 2.06. The summed E-state index contributed by atoms with van der Waals surface area (Å²) in [7, 11) is 0. The first-order valence-electron chi connectivity index (χ1n) is 3.52. The van der Waals surface area contributed by atoms with Crippen LogP contribution in [0.2, 0.25) is 0 Å². The molecular weight excluding hydrogens is 192 g/mol. The van der Waals surface area contributed by atoms with Crippen LogP contribution < -0.4 is 5.32 Å². The van der Waals surface area contributed by atoms with Crippen LogP contribution in [0.25, 0.3) is 0 Å². The van der Waals surface area contributed by atoms with Crippen molar-refractivity contribution in [2.75, 3.05) is 5.32 Å². The highest BCUT2D eigenvalue weighted by molar-refractivity contribution is 6.63. The SMILES string of the molecule is Cc1cc(NC(=O)C(=O)C(=O)O)no1. The van der Waals surface area contributed by atoms with Gasteiger partial charge in [0.2, 0.25) is 0 Å². The van der Waals surface area contributed by atoms with E-state index >= 15 is 0 Å². The van der Waals surface area contributed by atoms with Gasteiger partial charge in [-0.1, -0.05) is 5.16 Å². The first-order valence-corrected chi connectivity index (χ1v) is 3.52. The number of aryl methyl sites for hydroxylation is 1. The van der Waals surface area contributed by atoms with E-state index in [4.69, 9.17) is 5.11 Å². The lowest BCUT2D eigenvalue weighted by Crippen LogP contribution is -2.29. The van der Waals surface area contributed by atoms with Gasteiger partial charge in [0, 0.05) is 6.07 Å².